The van der Waals surface area contributed by atoms with E-state index in [2.05, 4.69) is 68.2 Å². The fourth-order valence-corrected chi connectivity index (χ4v) is 4.24. The van der Waals surface area contributed by atoms with Gasteiger partial charge in [-0.15, -0.1) is 0 Å². The van der Waals surface area contributed by atoms with Gasteiger partial charge in [0.25, 0.3) is 0 Å². The molecule has 2 aromatic carbocycles. The van der Waals surface area contributed by atoms with Crippen LogP contribution < -0.4 is 10.2 Å². The molecule has 4 aromatic rings. The fraction of sp³-hybridized carbons (Fsp3) is 0.286. The molecule has 1 N–H and O–H groups in total. The summed E-state index contributed by atoms with van der Waals surface area (Å²) in [6.07, 6.45) is 2.23. The Bertz CT molecular complexity index is 1280. The number of amides is 1. The summed E-state index contributed by atoms with van der Waals surface area (Å²) in [4.78, 5) is 20.3. The van der Waals surface area contributed by atoms with Crippen molar-refractivity contribution >= 4 is 22.9 Å². The SMILES string of the molecule is CCN(CC)c1ccc(NC(=O)Cc2c(-c3ccc(C)c(C)c3)nc3c(C)cccn23)cc1. The summed E-state index contributed by atoms with van der Waals surface area (Å²) in [5, 5.41) is 3.06. The number of aromatic nitrogens is 2. The summed E-state index contributed by atoms with van der Waals surface area (Å²) in [5.74, 6) is -0.0565. The van der Waals surface area contributed by atoms with Gasteiger partial charge in [-0.3, -0.25) is 4.79 Å². The number of hydrogen-bond donors (Lipinski definition) is 1. The van der Waals surface area contributed by atoms with Crippen LogP contribution in [0.5, 0.6) is 0 Å². The molecule has 1 amide bonds. The largest absolute Gasteiger partial charge is 0.372 e. The van der Waals surface area contributed by atoms with Gasteiger partial charge in [0.1, 0.15) is 5.65 Å². The maximum atomic E-state index is 13.1. The predicted molar refractivity (Wildman–Crippen MR) is 137 cm³/mol. The Balaban J connectivity index is 1.64. The normalized spacial score (nSPS) is 11.1. The number of carbonyl (C=O) groups excluding carboxylic acids is 1. The van der Waals surface area contributed by atoms with Gasteiger partial charge in [0, 0.05) is 36.2 Å². The van der Waals surface area contributed by atoms with E-state index in [-0.39, 0.29) is 12.3 Å². The maximum Gasteiger partial charge on any atom is 0.230 e. The van der Waals surface area contributed by atoms with E-state index >= 15 is 0 Å². The highest BCUT2D eigenvalue weighted by Crippen LogP contribution is 2.28. The molecular formula is C28H32N4O. The van der Waals surface area contributed by atoms with Crippen LogP contribution in [0.4, 0.5) is 11.4 Å². The van der Waals surface area contributed by atoms with E-state index in [9.17, 15) is 4.79 Å². The van der Waals surface area contributed by atoms with Crippen LogP contribution in [-0.4, -0.2) is 28.4 Å². The van der Waals surface area contributed by atoms with E-state index in [0.717, 1.165) is 52.6 Å². The van der Waals surface area contributed by atoms with E-state index in [1.807, 2.05) is 41.8 Å². The highest BCUT2D eigenvalue weighted by molar-refractivity contribution is 5.93. The molecule has 170 valence electrons. The number of aryl methyl sites for hydroxylation is 3. The Morgan fingerprint density at radius 1 is 0.939 bits per heavy atom. The molecule has 0 fully saturated rings. The minimum absolute atomic E-state index is 0.0565. The third kappa shape index (κ3) is 4.63. The molecule has 5 nitrogen and oxygen atoms in total. The van der Waals surface area contributed by atoms with Crippen molar-refractivity contribution in [2.45, 2.75) is 41.0 Å². The number of nitrogens with zero attached hydrogens (tertiary/aromatic N) is 3. The third-order valence-electron chi connectivity index (χ3n) is 6.33. The van der Waals surface area contributed by atoms with Gasteiger partial charge < -0.3 is 14.6 Å². The molecule has 0 atom stereocenters. The molecule has 0 unspecified atom stereocenters. The summed E-state index contributed by atoms with van der Waals surface area (Å²) in [5.41, 5.74) is 9.18. The van der Waals surface area contributed by atoms with Crippen LogP contribution in [0.1, 0.15) is 36.2 Å². The van der Waals surface area contributed by atoms with Gasteiger partial charge in [0.15, 0.2) is 0 Å². The Labute approximate surface area is 196 Å². The molecule has 0 saturated carbocycles. The average molecular weight is 441 g/mol. The quantitative estimate of drug-likeness (QED) is 0.386. The first-order chi connectivity index (χ1) is 15.9. The van der Waals surface area contributed by atoms with Crippen LogP contribution in [0.2, 0.25) is 0 Å². The first-order valence-electron chi connectivity index (χ1n) is 11.6. The number of imidazole rings is 1. The minimum Gasteiger partial charge on any atom is -0.372 e. The summed E-state index contributed by atoms with van der Waals surface area (Å²) in [6.45, 7) is 12.5. The lowest BCUT2D eigenvalue weighted by Gasteiger charge is -2.21. The number of pyridine rings is 1. The number of nitrogens with one attached hydrogen (secondary N) is 1. The van der Waals surface area contributed by atoms with E-state index in [1.54, 1.807) is 0 Å². The molecule has 0 radical (unpaired) electrons. The minimum atomic E-state index is -0.0565. The average Bonchev–Trinajstić information content (AvgIpc) is 3.17. The van der Waals surface area contributed by atoms with E-state index in [0.29, 0.717) is 0 Å². The number of carbonyl (C=O) groups is 1. The van der Waals surface area contributed by atoms with Gasteiger partial charge in [-0.05, 0) is 87.7 Å². The van der Waals surface area contributed by atoms with Gasteiger partial charge in [-0.1, -0.05) is 18.2 Å². The number of anilines is 2. The van der Waals surface area contributed by atoms with Gasteiger partial charge in [-0.25, -0.2) is 4.98 Å². The van der Waals surface area contributed by atoms with Crippen molar-refractivity contribution in [3.8, 4) is 11.3 Å². The zero-order valence-electron chi connectivity index (χ0n) is 20.1. The lowest BCUT2D eigenvalue weighted by molar-refractivity contribution is -0.115. The number of rotatable bonds is 7. The second-order valence-electron chi connectivity index (χ2n) is 8.54. The fourth-order valence-electron chi connectivity index (χ4n) is 4.24. The van der Waals surface area contributed by atoms with Crippen LogP contribution in [0.15, 0.2) is 60.8 Å². The van der Waals surface area contributed by atoms with Crippen LogP contribution >= 0.6 is 0 Å². The first kappa shape index (κ1) is 22.6. The molecule has 5 heteroatoms. The second-order valence-corrected chi connectivity index (χ2v) is 8.54. The third-order valence-corrected chi connectivity index (χ3v) is 6.33. The Kier molecular flexibility index (Phi) is 6.50. The number of benzene rings is 2. The van der Waals surface area contributed by atoms with Crippen molar-refractivity contribution < 1.29 is 4.79 Å². The molecule has 4 rings (SSSR count). The number of fused-ring (bicyclic) bond motifs is 1. The Morgan fingerprint density at radius 3 is 2.33 bits per heavy atom. The van der Waals surface area contributed by atoms with Gasteiger partial charge in [0.2, 0.25) is 5.91 Å². The van der Waals surface area contributed by atoms with E-state index in [1.165, 1.54) is 11.1 Å². The van der Waals surface area contributed by atoms with Crippen molar-refractivity contribution in [1.82, 2.24) is 9.38 Å². The lowest BCUT2D eigenvalue weighted by Crippen LogP contribution is -2.21. The summed E-state index contributed by atoms with van der Waals surface area (Å²) < 4.78 is 2.04. The molecule has 0 saturated heterocycles. The van der Waals surface area contributed by atoms with Crippen molar-refractivity contribution in [1.29, 1.82) is 0 Å². The topological polar surface area (TPSA) is 49.6 Å². The number of hydrogen-bond acceptors (Lipinski definition) is 3. The summed E-state index contributed by atoms with van der Waals surface area (Å²) >= 11 is 0. The smallest absolute Gasteiger partial charge is 0.230 e. The van der Waals surface area contributed by atoms with E-state index in [4.69, 9.17) is 4.98 Å². The Morgan fingerprint density at radius 2 is 1.67 bits per heavy atom. The van der Waals surface area contributed by atoms with Crippen LogP contribution in [0, 0.1) is 20.8 Å². The van der Waals surface area contributed by atoms with Gasteiger partial charge >= 0.3 is 0 Å². The first-order valence-corrected chi connectivity index (χ1v) is 11.6. The van der Waals surface area contributed by atoms with Crippen molar-refractivity contribution in [3.63, 3.8) is 0 Å². The molecule has 2 aromatic heterocycles. The molecule has 0 aliphatic heterocycles. The zero-order chi connectivity index (χ0) is 23.5. The highest BCUT2D eigenvalue weighted by atomic mass is 16.1. The summed E-state index contributed by atoms with van der Waals surface area (Å²) in [6, 6.07) is 18.5. The van der Waals surface area contributed by atoms with Crippen LogP contribution in [-0.2, 0) is 11.2 Å². The molecule has 2 heterocycles. The summed E-state index contributed by atoms with van der Waals surface area (Å²) in [7, 11) is 0. The molecule has 0 aliphatic carbocycles. The highest BCUT2D eigenvalue weighted by Gasteiger charge is 2.18. The molecule has 0 bridgehead atoms. The van der Waals surface area contributed by atoms with Crippen LogP contribution in [0.25, 0.3) is 16.9 Å². The van der Waals surface area contributed by atoms with E-state index < -0.39 is 0 Å². The maximum absolute atomic E-state index is 13.1. The molecule has 0 aliphatic rings. The van der Waals surface area contributed by atoms with Gasteiger partial charge in [0.05, 0.1) is 17.8 Å². The van der Waals surface area contributed by atoms with Crippen LogP contribution in [0.3, 0.4) is 0 Å². The monoisotopic (exact) mass is 440 g/mol. The standard InChI is InChI=1S/C28H32N4O/c1-6-31(7-2)24-14-12-23(13-15-24)29-26(33)18-25-27(22-11-10-19(3)21(5)17-22)30-28-20(4)9-8-16-32(25)28/h8-17H,6-7,18H2,1-5H3,(H,29,33). The Hall–Kier alpha value is -3.60. The van der Waals surface area contributed by atoms with Crippen molar-refractivity contribution in [2.24, 2.45) is 0 Å². The van der Waals surface area contributed by atoms with Crippen molar-refractivity contribution in [2.75, 3.05) is 23.3 Å². The lowest BCUT2D eigenvalue weighted by atomic mass is 10.0. The predicted octanol–water partition coefficient (Wildman–Crippen LogP) is 5.95. The zero-order valence-corrected chi connectivity index (χ0v) is 20.1. The molecule has 33 heavy (non-hydrogen) atoms. The van der Waals surface area contributed by atoms with Crippen molar-refractivity contribution in [3.05, 3.63) is 83.2 Å². The second kappa shape index (κ2) is 9.49. The molecule has 0 spiro atoms. The molecular weight excluding hydrogens is 408 g/mol. The van der Waals surface area contributed by atoms with Gasteiger partial charge in [-0.2, -0.15) is 0 Å².